The van der Waals surface area contributed by atoms with Gasteiger partial charge in [-0.3, -0.25) is 9.69 Å². The summed E-state index contributed by atoms with van der Waals surface area (Å²) in [5, 5.41) is 3.34. The number of nitrogens with zero attached hydrogens (tertiary/aromatic N) is 2. The van der Waals surface area contributed by atoms with Crippen LogP contribution in [0.15, 0.2) is 18.2 Å². The van der Waals surface area contributed by atoms with Crippen LogP contribution in [0.1, 0.15) is 29.7 Å². The lowest BCUT2D eigenvalue weighted by Crippen LogP contribution is -2.58. The first-order chi connectivity index (χ1) is 9.90. The standard InChI is InChI=1S/C17H27N3O/c1-12-8-13(2)10-15(9-12)14(3)20-7-6-18-11-16(20)17(21)19(4)5/h8-10,14,16,18H,6-7,11H2,1-5H3. The van der Waals surface area contributed by atoms with E-state index in [4.69, 9.17) is 0 Å². The zero-order valence-corrected chi connectivity index (χ0v) is 13.8. The molecule has 2 unspecified atom stereocenters. The number of piperazine rings is 1. The summed E-state index contributed by atoms with van der Waals surface area (Å²) in [5.74, 6) is 0.179. The van der Waals surface area contributed by atoms with Gasteiger partial charge in [-0.1, -0.05) is 29.3 Å². The molecule has 2 atom stereocenters. The lowest BCUT2D eigenvalue weighted by molar-refractivity contribution is -0.136. The first kappa shape index (κ1) is 16.0. The summed E-state index contributed by atoms with van der Waals surface area (Å²) in [6.07, 6.45) is 0. The second-order valence-electron chi connectivity index (χ2n) is 6.29. The summed E-state index contributed by atoms with van der Waals surface area (Å²) in [6, 6.07) is 6.83. The normalized spacial score (nSPS) is 21.1. The molecule has 1 saturated heterocycles. The van der Waals surface area contributed by atoms with Gasteiger partial charge in [0, 0.05) is 39.8 Å². The second kappa shape index (κ2) is 6.58. The zero-order chi connectivity index (χ0) is 15.6. The summed E-state index contributed by atoms with van der Waals surface area (Å²) in [5.41, 5.74) is 3.86. The number of carbonyl (C=O) groups excluding carboxylic acids is 1. The molecule has 1 aliphatic heterocycles. The van der Waals surface area contributed by atoms with Crippen molar-refractivity contribution >= 4 is 5.91 Å². The van der Waals surface area contributed by atoms with Gasteiger partial charge in [-0.05, 0) is 26.3 Å². The molecule has 1 N–H and O–H groups in total. The van der Waals surface area contributed by atoms with Gasteiger partial charge in [0.1, 0.15) is 6.04 Å². The zero-order valence-electron chi connectivity index (χ0n) is 13.8. The van der Waals surface area contributed by atoms with E-state index in [9.17, 15) is 4.79 Å². The van der Waals surface area contributed by atoms with E-state index in [1.54, 1.807) is 4.90 Å². The van der Waals surface area contributed by atoms with E-state index < -0.39 is 0 Å². The van der Waals surface area contributed by atoms with Crippen molar-refractivity contribution in [2.45, 2.75) is 32.9 Å². The second-order valence-corrected chi connectivity index (χ2v) is 6.29. The number of benzene rings is 1. The number of amides is 1. The maximum Gasteiger partial charge on any atom is 0.240 e. The van der Waals surface area contributed by atoms with Gasteiger partial charge in [0.25, 0.3) is 0 Å². The first-order valence-corrected chi connectivity index (χ1v) is 7.66. The fourth-order valence-corrected chi connectivity index (χ4v) is 3.15. The molecule has 0 spiro atoms. The maximum absolute atomic E-state index is 12.4. The molecule has 1 amide bonds. The van der Waals surface area contributed by atoms with Crippen LogP contribution < -0.4 is 5.32 Å². The van der Waals surface area contributed by atoms with Gasteiger partial charge in [0.2, 0.25) is 5.91 Å². The highest BCUT2D eigenvalue weighted by atomic mass is 16.2. The van der Waals surface area contributed by atoms with E-state index in [1.807, 2.05) is 14.1 Å². The van der Waals surface area contributed by atoms with E-state index in [0.29, 0.717) is 0 Å². The fraction of sp³-hybridized carbons (Fsp3) is 0.588. The highest BCUT2D eigenvalue weighted by Crippen LogP contribution is 2.25. The molecule has 4 heteroatoms. The molecule has 1 aromatic carbocycles. The molecular weight excluding hydrogens is 262 g/mol. The largest absolute Gasteiger partial charge is 0.347 e. The Morgan fingerprint density at radius 1 is 1.29 bits per heavy atom. The smallest absolute Gasteiger partial charge is 0.240 e. The van der Waals surface area contributed by atoms with Crippen LogP contribution in [0, 0.1) is 13.8 Å². The molecule has 0 aliphatic carbocycles. The van der Waals surface area contributed by atoms with Gasteiger partial charge in [-0.25, -0.2) is 0 Å². The number of hydrogen-bond donors (Lipinski definition) is 1. The molecule has 1 fully saturated rings. The van der Waals surface area contributed by atoms with Crippen molar-refractivity contribution in [3.63, 3.8) is 0 Å². The molecule has 1 heterocycles. The Kier molecular flexibility index (Phi) is 5.01. The third-order valence-corrected chi connectivity index (χ3v) is 4.23. The molecule has 0 saturated carbocycles. The molecule has 116 valence electrons. The molecule has 0 bridgehead atoms. The summed E-state index contributed by atoms with van der Waals surface area (Å²) in [4.78, 5) is 16.4. The topological polar surface area (TPSA) is 35.6 Å². The molecule has 0 radical (unpaired) electrons. The predicted molar refractivity (Wildman–Crippen MR) is 86.4 cm³/mol. The van der Waals surface area contributed by atoms with Crippen LogP contribution in [0.4, 0.5) is 0 Å². The number of hydrogen-bond acceptors (Lipinski definition) is 3. The minimum Gasteiger partial charge on any atom is -0.347 e. The van der Waals surface area contributed by atoms with Gasteiger partial charge in [-0.2, -0.15) is 0 Å². The third-order valence-electron chi connectivity index (χ3n) is 4.23. The highest BCUT2D eigenvalue weighted by molar-refractivity contribution is 5.81. The molecule has 21 heavy (non-hydrogen) atoms. The van der Waals surface area contributed by atoms with Crippen LogP contribution in [0.2, 0.25) is 0 Å². The monoisotopic (exact) mass is 289 g/mol. The van der Waals surface area contributed by atoms with E-state index in [-0.39, 0.29) is 18.0 Å². The Labute approximate surface area is 128 Å². The van der Waals surface area contributed by atoms with Crippen LogP contribution >= 0.6 is 0 Å². The average Bonchev–Trinajstić information content (AvgIpc) is 2.44. The molecule has 1 aromatic rings. The van der Waals surface area contributed by atoms with Gasteiger partial charge in [0.15, 0.2) is 0 Å². The predicted octanol–water partition coefficient (Wildman–Crippen LogP) is 1.73. The van der Waals surface area contributed by atoms with Gasteiger partial charge >= 0.3 is 0 Å². The quantitative estimate of drug-likeness (QED) is 0.920. The average molecular weight is 289 g/mol. The fourth-order valence-electron chi connectivity index (χ4n) is 3.15. The summed E-state index contributed by atoms with van der Waals surface area (Å²) in [6.45, 7) is 9.03. The number of carbonyl (C=O) groups is 1. The minimum absolute atomic E-state index is 0.0791. The molecule has 1 aliphatic rings. The van der Waals surface area contributed by atoms with Crippen molar-refractivity contribution in [2.75, 3.05) is 33.7 Å². The lowest BCUT2D eigenvalue weighted by Gasteiger charge is -2.40. The minimum atomic E-state index is -0.0791. The van der Waals surface area contributed by atoms with Crippen molar-refractivity contribution in [1.82, 2.24) is 15.1 Å². The Morgan fingerprint density at radius 2 is 1.90 bits per heavy atom. The number of rotatable bonds is 3. The molecule has 4 nitrogen and oxygen atoms in total. The van der Waals surface area contributed by atoms with Crippen LogP contribution in [-0.2, 0) is 4.79 Å². The van der Waals surface area contributed by atoms with E-state index in [2.05, 4.69) is 49.2 Å². The number of nitrogens with one attached hydrogen (secondary N) is 1. The van der Waals surface area contributed by atoms with Crippen molar-refractivity contribution in [3.8, 4) is 0 Å². The Balaban J connectivity index is 2.25. The van der Waals surface area contributed by atoms with Crippen molar-refractivity contribution in [3.05, 3.63) is 34.9 Å². The number of aryl methyl sites for hydroxylation is 2. The summed E-state index contributed by atoms with van der Waals surface area (Å²) >= 11 is 0. The number of likely N-dealkylation sites (N-methyl/N-ethyl adjacent to an activating group) is 1. The van der Waals surface area contributed by atoms with Gasteiger partial charge in [0.05, 0.1) is 0 Å². The molecular formula is C17H27N3O. The lowest BCUT2D eigenvalue weighted by atomic mass is 9.99. The Morgan fingerprint density at radius 3 is 2.48 bits per heavy atom. The van der Waals surface area contributed by atoms with E-state index >= 15 is 0 Å². The summed E-state index contributed by atoms with van der Waals surface area (Å²) < 4.78 is 0. The van der Waals surface area contributed by atoms with Gasteiger partial charge < -0.3 is 10.2 Å². The summed E-state index contributed by atoms with van der Waals surface area (Å²) in [7, 11) is 3.66. The Hall–Kier alpha value is -1.39. The van der Waals surface area contributed by atoms with Crippen molar-refractivity contribution in [2.24, 2.45) is 0 Å². The third kappa shape index (κ3) is 3.63. The van der Waals surface area contributed by atoms with E-state index in [0.717, 1.165) is 19.6 Å². The van der Waals surface area contributed by atoms with Crippen LogP contribution in [-0.4, -0.2) is 55.5 Å². The van der Waals surface area contributed by atoms with Crippen LogP contribution in [0.25, 0.3) is 0 Å². The van der Waals surface area contributed by atoms with Crippen molar-refractivity contribution < 1.29 is 4.79 Å². The highest BCUT2D eigenvalue weighted by Gasteiger charge is 2.33. The van der Waals surface area contributed by atoms with Crippen LogP contribution in [0.5, 0.6) is 0 Å². The van der Waals surface area contributed by atoms with Crippen molar-refractivity contribution in [1.29, 1.82) is 0 Å². The van der Waals surface area contributed by atoms with Gasteiger partial charge in [-0.15, -0.1) is 0 Å². The molecule has 0 aromatic heterocycles. The van der Waals surface area contributed by atoms with E-state index in [1.165, 1.54) is 16.7 Å². The van der Waals surface area contributed by atoms with Crippen LogP contribution in [0.3, 0.4) is 0 Å². The Bertz CT molecular complexity index is 493. The molecule has 2 rings (SSSR count). The first-order valence-electron chi connectivity index (χ1n) is 7.66. The maximum atomic E-state index is 12.4. The SMILES string of the molecule is Cc1cc(C)cc(C(C)N2CCNCC2C(=O)N(C)C)c1.